The van der Waals surface area contributed by atoms with Crippen molar-refractivity contribution in [1.29, 1.82) is 0 Å². The molecule has 0 atom stereocenters. The number of fused-ring (bicyclic) bond motifs is 1. The van der Waals surface area contributed by atoms with E-state index in [1.807, 2.05) is 0 Å². The van der Waals surface area contributed by atoms with E-state index in [0.29, 0.717) is 15.6 Å². The van der Waals surface area contributed by atoms with E-state index < -0.39 is 23.4 Å². The van der Waals surface area contributed by atoms with Gasteiger partial charge in [0.25, 0.3) is 0 Å². The van der Waals surface area contributed by atoms with Gasteiger partial charge in [0.05, 0.1) is 17.6 Å². The smallest absolute Gasteiger partial charge is 0.416 e. The number of aromatic nitrogens is 2. The van der Waals surface area contributed by atoms with Crippen LogP contribution in [0.25, 0.3) is 10.9 Å². The predicted octanol–water partition coefficient (Wildman–Crippen LogP) is 5.11. The summed E-state index contributed by atoms with van der Waals surface area (Å²) in [5, 5.41) is 13.9. The fraction of sp³-hybridized carbons (Fsp3) is 0.125. The first kappa shape index (κ1) is 17.6. The van der Waals surface area contributed by atoms with Gasteiger partial charge < -0.3 is 5.11 Å². The van der Waals surface area contributed by atoms with Gasteiger partial charge in [-0.2, -0.15) is 18.3 Å². The van der Waals surface area contributed by atoms with Crippen molar-refractivity contribution in [3.05, 3.63) is 63.3 Å². The first-order valence-electron chi connectivity index (χ1n) is 6.92. The molecule has 0 saturated heterocycles. The van der Waals surface area contributed by atoms with Crippen LogP contribution >= 0.6 is 23.2 Å². The summed E-state index contributed by atoms with van der Waals surface area (Å²) in [5.74, 6) is -1.41. The molecule has 0 radical (unpaired) electrons. The Morgan fingerprint density at radius 3 is 2.48 bits per heavy atom. The Kier molecular flexibility index (Phi) is 4.38. The second-order valence-electron chi connectivity index (χ2n) is 5.28. The number of halogens is 5. The van der Waals surface area contributed by atoms with Gasteiger partial charge in [0, 0.05) is 15.4 Å². The summed E-state index contributed by atoms with van der Waals surface area (Å²) in [7, 11) is 0. The zero-order valence-corrected chi connectivity index (χ0v) is 13.8. The fourth-order valence-corrected chi connectivity index (χ4v) is 2.91. The number of carboxylic acids is 1. The van der Waals surface area contributed by atoms with E-state index >= 15 is 0 Å². The molecular formula is C16H9Cl2F3N2O2. The number of nitrogens with zero attached hydrogens (tertiary/aromatic N) is 2. The second-order valence-corrected chi connectivity index (χ2v) is 6.12. The Morgan fingerprint density at radius 1 is 1.16 bits per heavy atom. The second kappa shape index (κ2) is 6.24. The molecule has 4 nitrogen and oxygen atoms in total. The molecule has 1 N–H and O–H groups in total. The van der Waals surface area contributed by atoms with Crippen LogP contribution in [0, 0.1) is 0 Å². The third-order valence-electron chi connectivity index (χ3n) is 3.62. The van der Waals surface area contributed by atoms with Crippen LogP contribution in [-0.2, 0) is 12.7 Å². The maximum absolute atomic E-state index is 12.9. The summed E-state index contributed by atoms with van der Waals surface area (Å²) < 4.78 is 40.0. The first-order chi connectivity index (χ1) is 11.7. The highest BCUT2D eigenvalue weighted by Gasteiger charge is 2.31. The molecule has 0 bridgehead atoms. The molecule has 2 aromatic carbocycles. The zero-order valence-electron chi connectivity index (χ0n) is 12.3. The minimum absolute atomic E-state index is 0.0884. The minimum Gasteiger partial charge on any atom is -0.476 e. The van der Waals surface area contributed by atoms with Gasteiger partial charge in [-0.25, -0.2) is 4.79 Å². The molecule has 0 aliphatic rings. The molecule has 0 aliphatic carbocycles. The lowest BCUT2D eigenvalue weighted by Gasteiger charge is -2.08. The van der Waals surface area contributed by atoms with Gasteiger partial charge in [-0.1, -0.05) is 29.3 Å². The van der Waals surface area contributed by atoms with Crippen LogP contribution in [0.3, 0.4) is 0 Å². The quantitative estimate of drug-likeness (QED) is 0.678. The number of alkyl halides is 3. The van der Waals surface area contributed by atoms with E-state index in [2.05, 4.69) is 5.10 Å². The highest BCUT2D eigenvalue weighted by Crippen LogP contribution is 2.33. The molecule has 3 rings (SSSR count). The van der Waals surface area contributed by atoms with Crippen LogP contribution in [0.5, 0.6) is 0 Å². The van der Waals surface area contributed by atoms with Crippen LogP contribution in [0.4, 0.5) is 13.2 Å². The van der Waals surface area contributed by atoms with Crippen LogP contribution in [0.15, 0.2) is 36.4 Å². The van der Waals surface area contributed by atoms with Crippen molar-refractivity contribution in [2.45, 2.75) is 12.7 Å². The number of carboxylic acid groups (broad SMARTS) is 1. The van der Waals surface area contributed by atoms with Crippen molar-refractivity contribution in [1.82, 2.24) is 9.78 Å². The van der Waals surface area contributed by atoms with Gasteiger partial charge in [-0.15, -0.1) is 0 Å². The molecule has 0 saturated carbocycles. The van der Waals surface area contributed by atoms with E-state index in [1.165, 1.54) is 16.8 Å². The lowest BCUT2D eigenvalue weighted by Crippen LogP contribution is -2.05. The number of hydrogen-bond acceptors (Lipinski definition) is 2. The lowest BCUT2D eigenvalue weighted by molar-refractivity contribution is -0.137. The first-order valence-corrected chi connectivity index (χ1v) is 7.67. The van der Waals surface area contributed by atoms with Crippen molar-refractivity contribution >= 4 is 40.1 Å². The maximum atomic E-state index is 12.9. The maximum Gasteiger partial charge on any atom is 0.416 e. The SMILES string of the molecule is O=C(O)c1nn(Cc2ccc(Cl)cc2Cl)c2ccc(C(F)(F)F)cc12. The number of rotatable bonds is 3. The number of benzene rings is 2. The molecule has 25 heavy (non-hydrogen) atoms. The molecule has 0 fully saturated rings. The van der Waals surface area contributed by atoms with Gasteiger partial charge in [0.15, 0.2) is 5.69 Å². The van der Waals surface area contributed by atoms with E-state index in [-0.39, 0.29) is 17.4 Å². The molecule has 1 heterocycles. The molecule has 9 heteroatoms. The lowest BCUT2D eigenvalue weighted by atomic mass is 10.1. The summed E-state index contributed by atoms with van der Waals surface area (Å²) >= 11 is 11.9. The standard InChI is InChI=1S/C16H9Cl2F3N2O2/c17-10-3-1-8(12(18)6-10)7-23-13-4-2-9(16(19,20)21)5-11(13)14(22-23)15(24)25/h1-6H,7H2,(H,24,25). The summed E-state index contributed by atoms with van der Waals surface area (Å²) in [5.41, 5.74) is -0.526. The zero-order chi connectivity index (χ0) is 18.4. The largest absolute Gasteiger partial charge is 0.476 e. The van der Waals surface area contributed by atoms with E-state index in [1.54, 1.807) is 12.1 Å². The van der Waals surface area contributed by atoms with Crippen LogP contribution in [0.1, 0.15) is 21.6 Å². The molecule has 3 aromatic rings. The molecule has 0 unspecified atom stereocenters. The van der Waals surface area contributed by atoms with Crippen molar-refractivity contribution in [2.24, 2.45) is 0 Å². The summed E-state index contributed by atoms with van der Waals surface area (Å²) in [6, 6.07) is 7.63. The van der Waals surface area contributed by atoms with Crippen molar-refractivity contribution < 1.29 is 23.1 Å². The Bertz CT molecular complexity index is 983. The van der Waals surface area contributed by atoms with Crippen LogP contribution in [-0.4, -0.2) is 20.9 Å². The van der Waals surface area contributed by atoms with Gasteiger partial charge in [-0.05, 0) is 35.9 Å². The van der Waals surface area contributed by atoms with Crippen LogP contribution in [0.2, 0.25) is 10.0 Å². The van der Waals surface area contributed by atoms with Gasteiger partial charge in [0.1, 0.15) is 0 Å². The predicted molar refractivity (Wildman–Crippen MR) is 87.3 cm³/mol. The van der Waals surface area contributed by atoms with E-state index in [0.717, 1.165) is 12.1 Å². The number of aromatic carboxylic acids is 1. The Balaban J connectivity index is 2.14. The average Bonchev–Trinajstić information content (AvgIpc) is 2.87. The topological polar surface area (TPSA) is 55.1 Å². The fourth-order valence-electron chi connectivity index (χ4n) is 2.45. The van der Waals surface area contributed by atoms with Crippen molar-refractivity contribution in [3.8, 4) is 0 Å². The summed E-state index contributed by atoms with van der Waals surface area (Å²) in [4.78, 5) is 11.4. The number of hydrogen-bond donors (Lipinski definition) is 1. The summed E-state index contributed by atoms with van der Waals surface area (Å²) in [6.07, 6.45) is -4.58. The third-order valence-corrected chi connectivity index (χ3v) is 4.20. The van der Waals surface area contributed by atoms with E-state index in [9.17, 15) is 23.1 Å². The van der Waals surface area contributed by atoms with Gasteiger partial charge in [0.2, 0.25) is 0 Å². The highest BCUT2D eigenvalue weighted by atomic mass is 35.5. The monoisotopic (exact) mass is 388 g/mol. The van der Waals surface area contributed by atoms with Gasteiger partial charge in [-0.3, -0.25) is 4.68 Å². The summed E-state index contributed by atoms with van der Waals surface area (Å²) in [6.45, 7) is 0.0884. The molecule has 130 valence electrons. The highest BCUT2D eigenvalue weighted by molar-refractivity contribution is 6.35. The average molecular weight is 389 g/mol. The minimum atomic E-state index is -4.58. The van der Waals surface area contributed by atoms with Crippen molar-refractivity contribution in [3.63, 3.8) is 0 Å². The van der Waals surface area contributed by atoms with Crippen LogP contribution < -0.4 is 0 Å². The molecule has 1 aromatic heterocycles. The van der Waals surface area contributed by atoms with E-state index in [4.69, 9.17) is 23.2 Å². The molecule has 0 amide bonds. The molecule has 0 aliphatic heterocycles. The Hall–Kier alpha value is -2.25. The Morgan fingerprint density at radius 2 is 1.88 bits per heavy atom. The number of carbonyl (C=O) groups is 1. The molecule has 0 spiro atoms. The van der Waals surface area contributed by atoms with Crippen molar-refractivity contribution in [2.75, 3.05) is 0 Å². The van der Waals surface area contributed by atoms with Gasteiger partial charge >= 0.3 is 12.1 Å². The normalized spacial score (nSPS) is 11.9. The molecular weight excluding hydrogens is 380 g/mol. The third kappa shape index (κ3) is 3.43. The Labute approximate surface area is 149 Å².